The molecule has 2 heterocycles. The molecule has 0 atom stereocenters. The van der Waals surface area contributed by atoms with E-state index in [9.17, 15) is 9.59 Å². The number of nitrogens with zero attached hydrogens (tertiary/aromatic N) is 1. The highest BCUT2D eigenvalue weighted by atomic mass is 32.1. The van der Waals surface area contributed by atoms with E-state index in [4.69, 9.17) is 5.73 Å². The van der Waals surface area contributed by atoms with Crippen molar-refractivity contribution in [3.63, 3.8) is 0 Å². The van der Waals surface area contributed by atoms with Crippen LogP contribution in [-0.2, 0) is 11.2 Å². The van der Waals surface area contributed by atoms with Crippen molar-refractivity contribution >= 4 is 39.6 Å². The molecule has 0 radical (unpaired) electrons. The number of amides is 2. The second-order valence-corrected chi connectivity index (χ2v) is 5.70. The normalized spacial score (nSPS) is 10.2. The lowest BCUT2D eigenvalue weighted by Crippen LogP contribution is -2.30. The summed E-state index contributed by atoms with van der Waals surface area (Å²) in [5.41, 5.74) is 5.93. The standard InChI is InChI=1S/C12H14N4O2S2/c13-3-4-14-10(17)6-8-7-20-12(15-8)16-11(18)9-2-1-5-19-9/h1-2,5,7H,3-4,6,13H2,(H,14,17)(H,15,16,18). The minimum absolute atomic E-state index is 0.128. The van der Waals surface area contributed by atoms with Crippen LogP contribution in [0.5, 0.6) is 0 Å². The smallest absolute Gasteiger partial charge is 0.267 e. The molecule has 0 unspecified atom stereocenters. The zero-order chi connectivity index (χ0) is 14.4. The maximum Gasteiger partial charge on any atom is 0.267 e. The summed E-state index contributed by atoms with van der Waals surface area (Å²) in [7, 11) is 0. The number of nitrogens with two attached hydrogens (primary N) is 1. The van der Waals surface area contributed by atoms with Crippen LogP contribution in [0.15, 0.2) is 22.9 Å². The van der Waals surface area contributed by atoms with Gasteiger partial charge in [-0.15, -0.1) is 22.7 Å². The van der Waals surface area contributed by atoms with Crippen molar-refractivity contribution in [1.82, 2.24) is 10.3 Å². The molecule has 6 nitrogen and oxygen atoms in total. The second-order valence-electron chi connectivity index (χ2n) is 3.89. The molecule has 0 fully saturated rings. The molecule has 0 aliphatic heterocycles. The van der Waals surface area contributed by atoms with Gasteiger partial charge in [-0.25, -0.2) is 4.98 Å². The van der Waals surface area contributed by atoms with E-state index in [-0.39, 0.29) is 18.2 Å². The highest BCUT2D eigenvalue weighted by molar-refractivity contribution is 7.14. The summed E-state index contributed by atoms with van der Waals surface area (Å²) in [5, 5.41) is 9.46. The molecule has 0 saturated carbocycles. The number of thiophene rings is 1. The van der Waals surface area contributed by atoms with Gasteiger partial charge in [0, 0.05) is 18.5 Å². The van der Waals surface area contributed by atoms with Gasteiger partial charge in [0.05, 0.1) is 17.0 Å². The number of aromatic nitrogens is 1. The van der Waals surface area contributed by atoms with E-state index in [1.165, 1.54) is 22.7 Å². The quantitative estimate of drug-likeness (QED) is 0.743. The van der Waals surface area contributed by atoms with Crippen molar-refractivity contribution in [3.05, 3.63) is 33.5 Å². The third kappa shape index (κ3) is 4.12. The fourth-order valence-electron chi connectivity index (χ4n) is 1.45. The van der Waals surface area contributed by atoms with Crippen LogP contribution in [0.2, 0.25) is 0 Å². The predicted octanol–water partition coefficient (Wildman–Crippen LogP) is 1.07. The summed E-state index contributed by atoms with van der Waals surface area (Å²) in [6, 6.07) is 3.56. The Morgan fingerprint density at radius 3 is 2.90 bits per heavy atom. The first-order valence-corrected chi connectivity index (χ1v) is 7.71. The molecular formula is C12H14N4O2S2. The molecule has 2 rings (SSSR count). The van der Waals surface area contributed by atoms with E-state index in [1.54, 1.807) is 11.4 Å². The molecule has 2 amide bonds. The van der Waals surface area contributed by atoms with Gasteiger partial charge in [-0.3, -0.25) is 14.9 Å². The Bertz CT molecular complexity index is 580. The van der Waals surface area contributed by atoms with Crippen molar-refractivity contribution in [2.45, 2.75) is 6.42 Å². The molecule has 8 heteroatoms. The Morgan fingerprint density at radius 1 is 1.35 bits per heavy atom. The lowest BCUT2D eigenvalue weighted by Gasteiger charge is -2.00. The van der Waals surface area contributed by atoms with E-state index in [1.807, 2.05) is 11.4 Å². The number of thiazole rings is 1. The number of hydrogen-bond acceptors (Lipinski definition) is 6. The van der Waals surface area contributed by atoms with Gasteiger partial charge in [-0.1, -0.05) is 6.07 Å². The first-order chi connectivity index (χ1) is 9.69. The van der Waals surface area contributed by atoms with E-state index in [0.29, 0.717) is 28.8 Å². The fraction of sp³-hybridized carbons (Fsp3) is 0.250. The Hall–Kier alpha value is -1.77. The third-order valence-electron chi connectivity index (χ3n) is 2.33. The highest BCUT2D eigenvalue weighted by Crippen LogP contribution is 2.18. The monoisotopic (exact) mass is 310 g/mol. The topological polar surface area (TPSA) is 97.1 Å². The molecular weight excluding hydrogens is 296 g/mol. The van der Waals surface area contributed by atoms with E-state index in [0.717, 1.165) is 0 Å². The molecule has 0 saturated heterocycles. The Labute approximate surface area is 124 Å². The number of hydrogen-bond donors (Lipinski definition) is 3. The minimum atomic E-state index is -0.187. The first kappa shape index (κ1) is 14.6. The summed E-state index contributed by atoms with van der Waals surface area (Å²) in [5.74, 6) is -0.314. The Kier molecular flexibility index (Phi) is 5.22. The SMILES string of the molecule is NCCNC(=O)Cc1csc(NC(=O)c2cccs2)n1. The lowest BCUT2D eigenvalue weighted by molar-refractivity contribution is -0.120. The largest absolute Gasteiger partial charge is 0.354 e. The first-order valence-electron chi connectivity index (χ1n) is 5.95. The van der Waals surface area contributed by atoms with E-state index < -0.39 is 0 Å². The summed E-state index contributed by atoms with van der Waals surface area (Å²) < 4.78 is 0. The summed E-state index contributed by atoms with van der Waals surface area (Å²) in [6.45, 7) is 0.857. The predicted molar refractivity (Wildman–Crippen MR) is 80.2 cm³/mol. The zero-order valence-electron chi connectivity index (χ0n) is 10.6. The fourth-order valence-corrected chi connectivity index (χ4v) is 2.77. The molecule has 0 spiro atoms. The number of rotatable bonds is 6. The van der Waals surface area contributed by atoms with Gasteiger partial charge in [0.2, 0.25) is 5.91 Å². The van der Waals surface area contributed by atoms with Crippen LogP contribution >= 0.6 is 22.7 Å². The summed E-state index contributed by atoms with van der Waals surface area (Å²) >= 11 is 2.66. The van der Waals surface area contributed by atoms with Crippen LogP contribution in [0.3, 0.4) is 0 Å². The average Bonchev–Trinajstić information content (AvgIpc) is 3.08. The third-order valence-corrected chi connectivity index (χ3v) is 4.00. The second kappa shape index (κ2) is 7.13. The van der Waals surface area contributed by atoms with Gasteiger partial charge < -0.3 is 11.1 Å². The molecule has 0 bridgehead atoms. The average molecular weight is 310 g/mol. The van der Waals surface area contributed by atoms with Gasteiger partial charge >= 0.3 is 0 Å². The van der Waals surface area contributed by atoms with Gasteiger partial charge in [-0.2, -0.15) is 0 Å². The van der Waals surface area contributed by atoms with Crippen molar-refractivity contribution in [2.75, 3.05) is 18.4 Å². The van der Waals surface area contributed by atoms with Gasteiger partial charge in [0.15, 0.2) is 5.13 Å². The maximum absolute atomic E-state index is 11.8. The van der Waals surface area contributed by atoms with Crippen molar-refractivity contribution in [3.8, 4) is 0 Å². The lowest BCUT2D eigenvalue weighted by atomic mass is 10.3. The van der Waals surface area contributed by atoms with Crippen LogP contribution < -0.4 is 16.4 Å². The summed E-state index contributed by atoms with van der Waals surface area (Å²) in [4.78, 5) is 28.2. The summed E-state index contributed by atoms with van der Waals surface area (Å²) in [6.07, 6.45) is 0.186. The number of carbonyl (C=O) groups excluding carboxylic acids is 2. The van der Waals surface area contributed by atoms with Crippen LogP contribution in [-0.4, -0.2) is 29.9 Å². The minimum Gasteiger partial charge on any atom is -0.354 e. The molecule has 106 valence electrons. The van der Waals surface area contributed by atoms with Crippen molar-refractivity contribution in [2.24, 2.45) is 5.73 Å². The van der Waals surface area contributed by atoms with Crippen LogP contribution in [0.25, 0.3) is 0 Å². The molecule has 2 aromatic rings. The van der Waals surface area contributed by atoms with Gasteiger partial charge in [0.25, 0.3) is 5.91 Å². The number of carbonyl (C=O) groups is 2. The molecule has 4 N–H and O–H groups in total. The van der Waals surface area contributed by atoms with Crippen LogP contribution in [0.4, 0.5) is 5.13 Å². The Morgan fingerprint density at radius 2 is 2.20 bits per heavy atom. The van der Waals surface area contributed by atoms with Crippen molar-refractivity contribution in [1.29, 1.82) is 0 Å². The molecule has 20 heavy (non-hydrogen) atoms. The highest BCUT2D eigenvalue weighted by Gasteiger charge is 2.11. The van der Waals surface area contributed by atoms with Crippen molar-refractivity contribution < 1.29 is 9.59 Å². The van der Waals surface area contributed by atoms with Gasteiger partial charge in [0.1, 0.15) is 0 Å². The number of anilines is 1. The van der Waals surface area contributed by atoms with Crippen LogP contribution in [0.1, 0.15) is 15.4 Å². The zero-order valence-corrected chi connectivity index (χ0v) is 12.2. The van der Waals surface area contributed by atoms with Gasteiger partial charge in [-0.05, 0) is 11.4 Å². The Balaban J connectivity index is 1.89. The molecule has 0 aliphatic carbocycles. The van der Waals surface area contributed by atoms with E-state index >= 15 is 0 Å². The maximum atomic E-state index is 11.8. The number of nitrogens with one attached hydrogen (secondary N) is 2. The van der Waals surface area contributed by atoms with Crippen LogP contribution in [0, 0.1) is 0 Å². The molecule has 0 aromatic carbocycles. The molecule has 0 aliphatic rings. The molecule has 2 aromatic heterocycles. The van der Waals surface area contributed by atoms with E-state index in [2.05, 4.69) is 15.6 Å².